The molecule has 4 rings (SSSR count). The summed E-state index contributed by atoms with van der Waals surface area (Å²) < 4.78 is 27.7. The first kappa shape index (κ1) is 24.9. The van der Waals surface area contributed by atoms with E-state index in [2.05, 4.69) is 15.6 Å². The molecule has 1 saturated heterocycles. The maximum Gasteiger partial charge on any atom is 0.268 e. The minimum Gasteiger partial charge on any atom is -0.354 e. The molecule has 10 heteroatoms. The van der Waals surface area contributed by atoms with Crippen molar-refractivity contribution in [3.63, 3.8) is 0 Å². The summed E-state index contributed by atoms with van der Waals surface area (Å²) in [5.41, 5.74) is 2.27. The molecule has 3 aromatic rings. The van der Waals surface area contributed by atoms with Crippen LogP contribution >= 0.6 is 0 Å². The fraction of sp³-hybridized carbons (Fsp3) is 0.360. The van der Waals surface area contributed by atoms with Crippen molar-refractivity contribution in [2.45, 2.75) is 17.9 Å². The Bertz CT molecular complexity index is 1320. The van der Waals surface area contributed by atoms with Crippen molar-refractivity contribution in [3.05, 3.63) is 65.9 Å². The SMILES string of the molecule is Cc1ccc2[nH]c(C(=O)N[C@H]3CN(S(=O)(=O)c4ccccc4)C[C@@H]3C(=O)NCCN(C)C)cc2c1. The number of carbonyl (C=O) groups excluding carboxylic acids is 2. The molecule has 0 saturated carbocycles. The summed E-state index contributed by atoms with van der Waals surface area (Å²) in [4.78, 5) is 31.3. The van der Waals surface area contributed by atoms with Crippen LogP contribution in [0.3, 0.4) is 0 Å². The largest absolute Gasteiger partial charge is 0.354 e. The number of aryl methyl sites for hydroxylation is 1. The van der Waals surface area contributed by atoms with Gasteiger partial charge in [-0.15, -0.1) is 0 Å². The number of carbonyl (C=O) groups is 2. The van der Waals surface area contributed by atoms with Gasteiger partial charge in [0, 0.05) is 37.1 Å². The predicted octanol–water partition coefficient (Wildman–Crippen LogP) is 1.57. The van der Waals surface area contributed by atoms with E-state index in [-0.39, 0.29) is 29.8 Å². The zero-order valence-corrected chi connectivity index (χ0v) is 20.9. The number of benzene rings is 2. The number of likely N-dealkylation sites (N-methyl/N-ethyl adjacent to an activating group) is 1. The quantitative estimate of drug-likeness (QED) is 0.437. The number of H-pyrrole nitrogens is 1. The van der Waals surface area contributed by atoms with Gasteiger partial charge in [-0.3, -0.25) is 9.59 Å². The van der Waals surface area contributed by atoms with Gasteiger partial charge in [0.25, 0.3) is 5.91 Å². The van der Waals surface area contributed by atoms with E-state index >= 15 is 0 Å². The molecule has 2 amide bonds. The highest BCUT2D eigenvalue weighted by molar-refractivity contribution is 7.89. The van der Waals surface area contributed by atoms with Crippen LogP contribution in [-0.4, -0.2) is 80.7 Å². The highest BCUT2D eigenvalue weighted by Crippen LogP contribution is 2.26. The number of aromatic amines is 1. The second kappa shape index (κ2) is 10.2. The summed E-state index contributed by atoms with van der Waals surface area (Å²) in [6.45, 7) is 3.05. The predicted molar refractivity (Wildman–Crippen MR) is 135 cm³/mol. The lowest BCUT2D eigenvalue weighted by Gasteiger charge is -2.19. The molecule has 1 fully saturated rings. The van der Waals surface area contributed by atoms with Crippen molar-refractivity contribution in [1.82, 2.24) is 24.8 Å². The molecule has 1 aromatic heterocycles. The van der Waals surface area contributed by atoms with Crippen molar-refractivity contribution in [2.24, 2.45) is 5.92 Å². The Morgan fingerprint density at radius 2 is 1.83 bits per heavy atom. The van der Waals surface area contributed by atoms with Gasteiger partial charge in [0.05, 0.1) is 16.9 Å². The molecule has 2 heterocycles. The van der Waals surface area contributed by atoms with Crippen LogP contribution in [0.15, 0.2) is 59.5 Å². The van der Waals surface area contributed by atoms with Crippen LogP contribution in [0.2, 0.25) is 0 Å². The lowest BCUT2D eigenvalue weighted by atomic mass is 10.0. The molecule has 1 aliphatic heterocycles. The second-order valence-electron chi connectivity index (χ2n) is 9.19. The molecular weight excluding hydrogens is 466 g/mol. The van der Waals surface area contributed by atoms with Gasteiger partial charge >= 0.3 is 0 Å². The minimum atomic E-state index is -3.81. The minimum absolute atomic E-state index is 0.00801. The fourth-order valence-electron chi connectivity index (χ4n) is 4.27. The molecule has 0 bridgehead atoms. The maximum absolute atomic E-state index is 13.2. The van der Waals surface area contributed by atoms with E-state index in [4.69, 9.17) is 0 Å². The first-order chi connectivity index (χ1) is 16.6. The fourth-order valence-corrected chi connectivity index (χ4v) is 5.78. The van der Waals surface area contributed by atoms with Crippen LogP contribution in [0, 0.1) is 12.8 Å². The molecular formula is C25H31N5O4S. The summed E-state index contributed by atoms with van der Waals surface area (Å²) in [5, 5.41) is 6.69. The smallest absolute Gasteiger partial charge is 0.268 e. The van der Waals surface area contributed by atoms with Gasteiger partial charge in [0.15, 0.2) is 0 Å². The van der Waals surface area contributed by atoms with Crippen molar-refractivity contribution in [2.75, 3.05) is 40.3 Å². The number of rotatable bonds is 8. The van der Waals surface area contributed by atoms with Crippen molar-refractivity contribution < 1.29 is 18.0 Å². The highest BCUT2D eigenvalue weighted by atomic mass is 32.2. The normalized spacial score (nSPS) is 18.7. The second-order valence-corrected chi connectivity index (χ2v) is 11.1. The standard InChI is InChI=1S/C25H31N5O4S/c1-17-9-10-21-18(13-17)14-22(27-21)25(32)28-23-16-30(35(33,34)19-7-5-4-6-8-19)15-20(23)24(31)26-11-12-29(2)3/h4-10,13-14,20,23,27H,11-12,15-16H2,1-3H3,(H,26,31)(H,28,32)/t20-,23-/m0/s1. The van der Waals surface area contributed by atoms with E-state index in [0.717, 1.165) is 16.5 Å². The molecule has 0 unspecified atom stereocenters. The Morgan fingerprint density at radius 1 is 1.09 bits per heavy atom. The number of amides is 2. The van der Waals surface area contributed by atoms with Crippen LogP contribution < -0.4 is 10.6 Å². The molecule has 9 nitrogen and oxygen atoms in total. The lowest BCUT2D eigenvalue weighted by Crippen LogP contribution is -2.47. The third kappa shape index (κ3) is 5.55. The van der Waals surface area contributed by atoms with Crippen molar-refractivity contribution >= 4 is 32.7 Å². The molecule has 2 atom stereocenters. The van der Waals surface area contributed by atoms with Gasteiger partial charge in [0.2, 0.25) is 15.9 Å². The van der Waals surface area contributed by atoms with Crippen LogP contribution in [-0.2, 0) is 14.8 Å². The third-order valence-electron chi connectivity index (χ3n) is 6.20. The molecule has 2 aromatic carbocycles. The van der Waals surface area contributed by atoms with E-state index in [1.54, 1.807) is 24.3 Å². The molecule has 0 spiro atoms. The molecule has 0 aliphatic carbocycles. The number of hydrogen-bond acceptors (Lipinski definition) is 5. The Morgan fingerprint density at radius 3 is 2.54 bits per heavy atom. The molecule has 3 N–H and O–H groups in total. The average molecular weight is 498 g/mol. The lowest BCUT2D eigenvalue weighted by molar-refractivity contribution is -0.125. The number of nitrogens with zero attached hydrogens (tertiary/aromatic N) is 2. The third-order valence-corrected chi connectivity index (χ3v) is 8.05. The Labute approximate surface area is 205 Å². The Kier molecular flexibility index (Phi) is 7.25. The van der Waals surface area contributed by atoms with Gasteiger partial charge in [-0.1, -0.05) is 29.8 Å². The van der Waals surface area contributed by atoms with Gasteiger partial charge in [-0.2, -0.15) is 4.31 Å². The zero-order valence-electron chi connectivity index (χ0n) is 20.1. The molecule has 1 aliphatic rings. The monoisotopic (exact) mass is 497 g/mol. The number of sulfonamides is 1. The van der Waals surface area contributed by atoms with Crippen LogP contribution in [0.25, 0.3) is 10.9 Å². The molecule has 186 valence electrons. The van der Waals surface area contributed by atoms with Gasteiger partial charge < -0.3 is 20.5 Å². The van der Waals surface area contributed by atoms with Gasteiger partial charge in [-0.05, 0) is 51.4 Å². The highest BCUT2D eigenvalue weighted by Gasteiger charge is 2.43. The molecule has 0 radical (unpaired) electrons. The summed E-state index contributed by atoms with van der Waals surface area (Å²) in [6.07, 6.45) is 0. The maximum atomic E-state index is 13.2. The topological polar surface area (TPSA) is 115 Å². The Balaban J connectivity index is 1.55. The summed E-state index contributed by atoms with van der Waals surface area (Å²) in [6, 6.07) is 15.0. The first-order valence-electron chi connectivity index (χ1n) is 11.5. The van der Waals surface area contributed by atoms with Crippen LogP contribution in [0.5, 0.6) is 0 Å². The van der Waals surface area contributed by atoms with Crippen molar-refractivity contribution in [3.8, 4) is 0 Å². The van der Waals surface area contributed by atoms with E-state index in [1.165, 1.54) is 16.4 Å². The number of aromatic nitrogens is 1. The number of nitrogens with one attached hydrogen (secondary N) is 3. The van der Waals surface area contributed by atoms with E-state index < -0.39 is 22.0 Å². The summed E-state index contributed by atoms with van der Waals surface area (Å²) >= 11 is 0. The summed E-state index contributed by atoms with van der Waals surface area (Å²) in [5.74, 6) is -1.38. The zero-order chi connectivity index (χ0) is 25.2. The molecule has 35 heavy (non-hydrogen) atoms. The summed E-state index contributed by atoms with van der Waals surface area (Å²) in [7, 11) is -0.00467. The van der Waals surface area contributed by atoms with Crippen LogP contribution in [0.4, 0.5) is 0 Å². The number of hydrogen-bond donors (Lipinski definition) is 3. The first-order valence-corrected chi connectivity index (χ1v) is 13.0. The van der Waals surface area contributed by atoms with E-state index in [1.807, 2.05) is 44.1 Å². The Hall–Kier alpha value is -3.21. The van der Waals surface area contributed by atoms with Gasteiger partial charge in [-0.25, -0.2) is 8.42 Å². The average Bonchev–Trinajstić information content (AvgIpc) is 3.44. The van der Waals surface area contributed by atoms with Crippen molar-refractivity contribution in [1.29, 1.82) is 0 Å². The van der Waals surface area contributed by atoms with E-state index in [0.29, 0.717) is 18.8 Å². The van der Waals surface area contributed by atoms with Gasteiger partial charge in [0.1, 0.15) is 5.69 Å². The van der Waals surface area contributed by atoms with E-state index in [9.17, 15) is 18.0 Å². The number of fused-ring (bicyclic) bond motifs is 1. The van der Waals surface area contributed by atoms with Crippen LogP contribution in [0.1, 0.15) is 16.1 Å².